The highest BCUT2D eigenvalue weighted by atomic mass is 127. The maximum atomic E-state index is 12.3. The van der Waals surface area contributed by atoms with Crippen LogP contribution in [-0.4, -0.2) is 62.7 Å². The molecule has 2 saturated carbocycles. The maximum Gasteiger partial charge on any atom is 0.225 e. The molecule has 4 atom stereocenters. The SMILES string of the molecule is CN=C(NC1CCCC(C(=O)N(C)C)C1)NC1CC(C)(OC)C1(C)C.I. The monoisotopic (exact) mass is 480 g/mol. The number of amides is 1. The molecule has 2 N–H and O–H groups in total. The lowest BCUT2D eigenvalue weighted by Gasteiger charge is -2.59. The van der Waals surface area contributed by atoms with Gasteiger partial charge in [0, 0.05) is 51.7 Å². The molecular formula is C19H37IN4O2. The fourth-order valence-corrected chi connectivity index (χ4v) is 4.16. The zero-order chi connectivity index (χ0) is 18.8. The number of ether oxygens (including phenoxy) is 1. The maximum absolute atomic E-state index is 12.3. The van der Waals surface area contributed by atoms with E-state index in [0.717, 1.165) is 38.1 Å². The molecule has 2 rings (SSSR count). The smallest absolute Gasteiger partial charge is 0.225 e. The second-order valence-electron chi connectivity index (χ2n) is 8.57. The summed E-state index contributed by atoms with van der Waals surface area (Å²) in [6, 6.07) is 0.622. The number of methoxy groups -OCH3 is 1. The zero-order valence-electron chi connectivity index (χ0n) is 17.4. The van der Waals surface area contributed by atoms with Crippen molar-refractivity contribution in [3.8, 4) is 0 Å². The predicted octanol–water partition coefficient (Wildman–Crippen LogP) is 2.62. The molecule has 152 valence electrons. The third kappa shape index (κ3) is 4.64. The van der Waals surface area contributed by atoms with Crippen molar-refractivity contribution in [2.75, 3.05) is 28.3 Å². The van der Waals surface area contributed by atoms with Crippen LogP contribution < -0.4 is 10.6 Å². The lowest BCUT2D eigenvalue weighted by molar-refractivity contribution is -0.176. The first-order valence-corrected chi connectivity index (χ1v) is 9.40. The number of carbonyl (C=O) groups is 1. The standard InChI is InChI=1S/C19H36N4O2.HI/c1-18(2)15(12-19(18,3)25-7)22-17(20-4)21-14-10-8-9-13(11-14)16(24)23(5)6;/h13-15H,8-12H2,1-7H3,(H2,20,21,22);1H. The van der Waals surface area contributed by atoms with E-state index >= 15 is 0 Å². The normalized spacial score (nSPS) is 33.5. The Morgan fingerprint density at radius 2 is 1.85 bits per heavy atom. The van der Waals surface area contributed by atoms with E-state index < -0.39 is 0 Å². The van der Waals surface area contributed by atoms with Gasteiger partial charge in [-0.05, 0) is 32.6 Å². The molecule has 0 aliphatic heterocycles. The molecule has 0 radical (unpaired) electrons. The topological polar surface area (TPSA) is 66.0 Å². The van der Waals surface area contributed by atoms with Crippen molar-refractivity contribution >= 4 is 35.8 Å². The fourth-order valence-electron chi connectivity index (χ4n) is 4.16. The Balaban J connectivity index is 0.00000338. The van der Waals surface area contributed by atoms with E-state index in [4.69, 9.17) is 4.74 Å². The number of rotatable bonds is 4. The number of guanidine groups is 1. The summed E-state index contributed by atoms with van der Waals surface area (Å²) in [5.74, 6) is 1.20. The van der Waals surface area contributed by atoms with Gasteiger partial charge >= 0.3 is 0 Å². The second kappa shape index (κ2) is 9.08. The van der Waals surface area contributed by atoms with Crippen molar-refractivity contribution in [3.63, 3.8) is 0 Å². The van der Waals surface area contributed by atoms with Gasteiger partial charge in [-0.25, -0.2) is 0 Å². The zero-order valence-corrected chi connectivity index (χ0v) is 19.7. The van der Waals surface area contributed by atoms with Crippen molar-refractivity contribution in [1.29, 1.82) is 0 Å². The van der Waals surface area contributed by atoms with Crippen LogP contribution in [0.2, 0.25) is 0 Å². The van der Waals surface area contributed by atoms with Crippen LogP contribution in [0.3, 0.4) is 0 Å². The van der Waals surface area contributed by atoms with Gasteiger partial charge in [-0.3, -0.25) is 9.79 Å². The van der Waals surface area contributed by atoms with Gasteiger partial charge in [-0.15, -0.1) is 24.0 Å². The summed E-state index contributed by atoms with van der Waals surface area (Å²) >= 11 is 0. The van der Waals surface area contributed by atoms with Gasteiger partial charge in [0.2, 0.25) is 5.91 Å². The van der Waals surface area contributed by atoms with Crippen molar-refractivity contribution < 1.29 is 9.53 Å². The second-order valence-corrected chi connectivity index (χ2v) is 8.57. The fraction of sp³-hybridized carbons (Fsp3) is 0.895. The van der Waals surface area contributed by atoms with E-state index in [9.17, 15) is 4.79 Å². The number of halogens is 1. The van der Waals surface area contributed by atoms with E-state index in [2.05, 4.69) is 36.4 Å². The Hall–Kier alpha value is -0.570. The van der Waals surface area contributed by atoms with Gasteiger partial charge in [0.15, 0.2) is 5.96 Å². The van der Waals surface area contributed by atoms with Crippen molar-refractivity contribution in [1.82, 2.24) is 15.5 Å². The predicted molar refractivity (Wildman–Crippen MR) is 117 cm³/mol. The molecule has 0 bridgehead atoms. The molecule has 2 fully saturated rings. The average molecular weight is 480 g/mol. The Kier molecular flexibility index (Phi) is 8.20. The van der Waals surface area contributed by atoms with Crippen LogP contribution in [0.1, 0.15) is 52.9 Å². The van der Waals surface area contributed by atoms with Gasteiger partial charge in [0.05, 0.1) is 5.60 Å². The van der Waals surface area contributed by atoms with Gasteiger partial charge in [-0.2, -0.15) is 0 Å². The minimum Gasteiger partial charge on any atom is -0.378 e. The lowest BCUT2D eigenvalue weighted by atomic mass is 9.56. The number of nitrogens with one attached hydrogen (secondary N) is 2. The average Bonchev–Trinajstić information content (AvgIpc) is 2.59. The van der Waals surface area contributed by atoms with Crippen LogP contribution in [-0.2, 0) is 9.53 Å². The number of nitrogens with zero attached hydrogens (tertiary/aromatic N) is 2. The minimum atomic E-state index is -0.0996. The number of aliphatic imine (C=N–C) groups is 1. The number of carbonyl (C=O) groups excluding carboxylic acids is 1. The Bertz CT molecular complexity index is 524. The molecule has 7 heteroatoms. The van der Waals surface area contributed by atoms with E-state index in [-0.39, 0.29) is 46.8 Å². The highest BCUT2D eigenvalue weighted by molar-refractivity contribution is 14.0. The largest absolute Gasteiger partial charge is 0.378 e. The van der Waals surface area contributed by atoms with E-state index in [0.29, 0.717) is 12.1 Å². The van der Waals surface area contributed by atoms with Crippen molar-refractivity contribution in [2.24, 2.45) is 16.3 Å². The molecular weight excluding hydrogens is 443 g/mol. The lowest BCUT2D eigenvalue weighted by Crippen LogP contribution is -2.69. The quantitative estimate of drug-likeness (QED) is 0.369. The molecule has 1 amide bonds. The first-order chi connectivity index (χ1) is 11.6. The molecule has 26 heavy (non-hydrogen) atoms. The third-order valence-corrected chi connectivity index (χ3v) is 6.62. The molecule has 2 aliphatic carbocycles. The van der Waals surface area contributed by atoms with Crippen LogP contribution in [0.15, 0.2) is 4.99 Å². The van der Waals surface area contributed by atoms with E-state index in [1.54, 1.807) is 12.0 Å². The summed E-state index contributed by atoms with van der Waals surface area (Å²) in [5, 5.41) is 7.10. The Morgan fingerprint density at radius 1 is 1.19 bits per heavy atom. The first-order valence-electron chi connectivity index (χ1n) is 9.40. The third-order valence-electron chi connectivity index (χ3n) is 6.62. The summed E-state index contributed by atoms with van der Waals surface area (Å²) in [6.45, 7) is 6.63. The Morgan fingerprint density at radius 3 is 2.35 bits per heavy atom. The molecule has 0 heterocycles. The summed E-state index contributed by atoms with van der Waals surface area (Å²) in [5.41, 5.74) is -0.0626. The summed E-state index contributed by atoms with van der Waals surface area (Å²) in [6.07, 6.45) is 4.99. The van der Waals surface area contributed by atoms with Gasteiger partial charge in [-0.1, -0.05) is 20.3 Å². The highest BCUT2D eigenvalue weighted by Gasteiger charge is 2.58. The highest BCUT2D eigenvalue weighted by Crippen LogP contribution is 2.51. The van der Waals surface area contributed by atoms with Crippen molar-refractivity contribution in [2.45, 2.75) is 70.6 Å². The van der Waals surface area contributed by atoms with Crippen LogP contribution in [0.4, 0.5) is 0 Å². The summed E-state index contributed by atoms with van der Waals surface area (Å²) in [7, 11) is 7.27. The number of hydrogen-bond acceptors (Lipinski definition) is 3. The molecule has 4 unspecified atom stereocenters. The van der Waals surface area contributed by atoms with Gasteiger partial charge < -0.3 is 20.3 Å². The molecule has 0 spiro atoms. The molecule has 0 aromatic carbocycles. The minimum absolute atomic E-state index is 0. The van der Waals surface area contributed by atoms with Crippen LogP contribution in [0.25, 0.3) is 0 Å². The van der Waals surface area contributed by atoms with Crippen LogP contribution >= 0.6 is 24.0 Å². The molecule has 0 aromatic heterocycles. The van der Waals surface area contributed by atoms with E-state index in [1.165, 1.54) is 0 Å². The molecule has 2 aliphatic rings. The van der Waals surface area contributed by atoms with Gasteiger partial charge in [0.25, 0.3) is 0 Å². The van der Waals surface area contributed by atoms with Crippen LogP contribution in [0.5, 0.6) is 0 Å². The first kappa shape index (κ1) is 23.5. The van der Waals surface area contributed by atoms with Crippen molar-refractivity contribution in [3.05, 3.63) is 0 Å². The summed E-state index contributed by atoms with van der Waals surface area (Å²) in [4.78, 5) is 18.4. The van der Waals surface area contributed by atoms with Gasteiger partial charge in [0.1, 0.15) is 0 Å². The number of hydrogen-bond donors (Lipinski definition) is 2. The van der Waals surface area contributed by atoms with E-state index in [1.807, 2.05) is 21.1 Å². The molecule has 6 nitrogen and oxygen atoms in total. The van der Waals surface area contributed by atoms with Crippen LogP contribution in [0, 0.1) is 11.3 Å². The summed E-state index contributed by atoms with van der Waals surface area (Å²) < 4.78 is 5.70. The Labute approximate surface area is 175 Å². The molecule has 0 aromatic rings. The molecule has 0 saturated heterocycles.